The molecule has 0 aliphatic rings. The van der Waals surface area contributed by atoms with Gasteiger partial charge in [0.05, 0.1) is 0 Å². The Hall–Kier alpha value is 0.0674. The van der Waals surface area contributed by atoms with Crippen molar-refractivity contribution in [1.29, 1.82) is 0 Å². The van der Waals surface area contributed by atoms with Crippen molar-refractivity contribution in [2.75, 3.05) is 0 Å². The molecule has 0 aliphatic heterocycles. The zero-order valence-corrected chi connectivity index (χ0v) is 6.48. The Morgan fingerprint density at radius 1 is 1.67 bits per heavy atom. The Morgan fingerprint density at radius 3 is 2.00 bits per heavy atom. The maximum absolute atomic E-state index is 9.00. The summed E-state index contributed by atoms with van der Waals surface area (Å²) in [5.41, 5.74) is 0. The SMILES string of the molecule is CC(=O)O.[Li][CH2]CCC. The van der Waals surface area contributed by atoms with Crippen LogP contribution in [0.15, 0.2) is 0 Å². The molecule has 0 rings (SSSR count). The molecule has 0 aromatic carbocycles. The van der Waals surface area contributed by atoms with Crippen molar-refractivity contribution in [2.45, 2.75) is 31.8 Å². The summed E-state index contributed by atoms with van der Waals surface area (Å²) in [7, 11) is 0. The Balaban J connectivity index is 0. The van der Waals surface area contributed by atoms with Crippen LogP contribution < -0.4 is 0 Å². The quantitative estimate of drug-likeness (QED) is 0.566. The van der Waals surface area contributed by atoms with Crippen molar-refractivity contribution in [2.24, 2.45) is 0 Å². The van der Waals surface area contributed by atoms with Gasteiger partial charge in [0.2, 0.25) is 0 Å². The average Bonchev–Trinajstić information content (AvgIpc) is 1.66. The van der Waals surface area contributed by atoms with Crippen LogP contribution in [0, 0.1) is 0 Å². The molecule has 1 N–H and O–H groups in total. The van der Waals surface area contributed by atoms with Crippen LogP contribution in [0.4, 0.5) is 0 Å². The van der Waals surface area contributed by atoms with Gasteiger partial charge in [-0.3, -0.25) is 4.79 Å². The van der Waals surface area contributed by atoms with Gasteiger partial charge in [0.15, 0.2) is 0 Å². The molecule has 0 amide bonds. The summed E-state index contributed by atoms with van der Waals surface area (Å²) in [4.78, 5) is 9.00. The standard InChI is InChI=1S/C4H9.C2H4O2.Li/c1-3-4-2;1-2(3)4;/h1,3-4H2,2H3;1H3,(H,3,4);. The van der Waals surface area contributed by atoms with E-state index in [1.54, 1.807) is 0 Å². The van der Waals surface area contributed by atoms with E-state index in [-0.39, 0.29) is 0 Å². The van der Waals surface area contributed by atoms with Gasteiger partial charge in [0, 0.05) is 6.92 Å². The van der Waals surface area contributed by atoms with E-state index in [9.17, 15) is 0 Å². The normalized spacial score (nSPS) is 7.56. The molecule has 0 bridgehead atoms. The van der Waals surface area contributed by atoms with Crippen molar-refractivity contribution in [1.82, 2.24) is 0 Å². The maximum atomic E-state index is 9.00. The molecular formula is C6H13LiO2. The van der Waals surface area contributed by atoms with Gasteiger partial charge in [-0.2, -0.15) is 0 Å². The monoisotopic (exact) mass is 124 g/mol. The van der Waals surface area contributed by atoms with Crippen molar-refractivity contribution in [3.05, 3.63) is 0 Å². The molecule has 0 heterocycles. The average molecular weight is 124 g/mol. The first-order chi connectivity index (χ1) is 4.15. The van der Waals surface area contributed by atoms with E-state index in [0.29, 0.717) is 0 Å². The first-order valence-corrected chi connectivity index (χ1v) is 3.34. The number of carboxylic acid groups (broad SMARTS) is 1. The summed E-state index contributed by atoms with van der Waals surface area (Å²) in [5, 5.41) is 8.76. The van der Waals surface area contributed by atoms with E-state index < -0.39 is 5.97 Å². The molecule has 0 saturated heterocycles. The van der Waals surface area contributed by atoms with Crippen LogP contribution >= 0.6 is 0 Å². The van der Waals surface area contributed by atoms with Crippen LogP contribution in [-0.2, 0) is 4.79 Å². The minimum absolute atomic E-state index is 0.833. The summed E-state index contributed by atoms with van der Waals surface area (Å²) in [5.74, 6) is -0.833. The van der Waals surface area contributed by atoms with Crippen molar-refractivity contribution in [3.8, 4) is 0 Å². The van der Waals surface area contributed by atoms with Crippen LogP contribution in [-0.4, -0.2) is 28.8 Å². The number of aliphatic carboxylic acids is 1. The van der Waals surface area contributed by atoms with E-state index in [0.717, 1.165) is 6.92 Å². The van der Waals surface area contributed by atoms with Gasteiger partial charge in [-0.05, 0) is 0 Å². The van der Waals surface area contributed by atoms with E-state index in [1.807, 2.05) is 0 Å². The number of rotatable bonds is 2. The molecule has 0 aliphatic carbocycles. The molecule has 0 saturated carbocycles. The van der Waals surface area contributed by atoms with Gasteiger partial charge < -0.3 is 5.11 Å². The second kappa shape index (κ2) is 10.9. The molecule has 9 heavy (non-hydrogen) atoms. The van der Waals surface area contributed by atoms with Gasteiger partial charge in [0.25, 0.3) is 5.97 Å². The predicted molar refractivity (Wildman–Crippen MR) is 38.8 cm³/mol. The van der Waals surface area contributed by atoms with Crippen molar-refractivity contribution < 1.29 is 9.90 Å². The Morgan fingerprint density at radius 2 is 2.00 bits per heavy atom. The molecular weight excluding hydrogens is 111 g/mol. The number of hydrogen-bond donors (Lipinski definition) is 1. The molecule has 0 fully saturated rings. The van der Waals surface area contributed by atoms with Gasteiger partial charge in [-0.1, -0.05) is 0 Å². The van der Waals surface area contributed by atoms with Crippen molar-refractivity contribution in [3.63, 3.8) is 0 Å². The van der Waals surface area contributed by atoms with Gasteiger partial charge in [-0.25, -0.2) is 0 Å². The van der Waals surface area contributed by atoms with Crippen LogP contribution in [0.2, 0.25) is 5.09 Å². The van der Waals surface area contributed by atoms with E-state index in [1.165, 1.54) is 17.9 Å². The number of carboxylic acids is 1. The van der Waals surface area contributed by atoms with E-state index in [4.69, 9.17) is 9.90 Å². The van der Waals surface area contributed by atoms with Crippen LogP contribution in [0.5, 0.6) is 0 Å². The fourth-order valence-electron chi connectivity index (χ4n) is 0.354. The first-order valence-electron chi connectivity index (χ1n) is 3.34. The van der Waals surface area contributed by atoms with Crippen molar-refractivity contribution >= 4 is 23.7 Å². The molecule has 0 unspecified atom stereocenters. The fraction of sp³-hybridized carbons (Fsp3) is 0.833. The molecule has 0 aromatic rings. The minimum atomic E-state index is -0.833. The molecule has 0 atom stereocenters. The number of carbonyl (C=O) groups is 1. The van der Waals surface area contributed by atoms with Crippen LogP contribution in [0.25, 0.3) is 0 Å². The summed E-state index contributed by atoms with van der Waals surface area (Å²) >= 11 is 2.21. The number of hydrogen-bond acceptors (Lipinski definition) is 1. The Bertz CT molecular complexity index is 58.1. The summed E-state index contributed by atoms with van der Waals surface area (Å²) in [6.45, 7) is 3.30. The summed E-state index contributed by atoms with van der Waals surface area (Å²) in [6.07, 6.45) is 2.73. The molecule has 0 radical (unpaired) electrons. The first kappa shape index (κ1) is 11.8. The molecule has 50 valence electrons. The summed E-state index contributed by atoms with van der Waals surface area (Å²) in [6, 6.07) is 0. The third-order valence-electron chi connectivity index (χ3n) is 0.707. The summed E-state index contributed by atoms with van der Waals surface area (Å²) < 4.78 is 0. The predicted octanol–water partition coefficient (Wildman–Crippen LogP) is 1.46. The second-order valence-corrected chi connectivity index (χ2v) is 1.87. The molecule has 0 spiro atoms. The van der Waals surface area contributed by atoms with Gasteiger partial charge in [0.1, 0.15) is 0 Å². The van der Waals surface area contributed by atoms with Gasteiger partial charge >= 0.3 is 42.6 Å². The molecule has 0 aromatic heterocycles. The van der Waals surface area contributed by atoms with Crippen LogP contribution in [0.3, 0.4) is 0 Å². The van der Waals surface area contributed by atoms with Crippen LogP contribution in [0.1, 0.15) is 26.7 Å². The van der Waals surface area contributed by atoms with E-state index >= 15 is 0 Å². The van der Waals surface area contributed by atoms with E-state index in [2.05, 4.69) is 24.6 Å². The second-order valence-electron chi connectivity index (χ2n) is 1.87. The third-order valence-corrected chi connectivity index (χ3v) is 0.707. The zero-order valence-electron chi connectivity index (χ0n) is 6.48. The van der Waals surface area contributed by atoms with Gasteiger partial charge in [-0.15, -0.1) is 0 Å². The molecule has 2 nitrogen and oxygen atoms in total. The zero-order chi connectivity index (χ0) is 7.70. The number of unbranched alkanes of at least 4 members (excludes halogenated alkanes) is 1. The third kappa shape index (κ3) is 69.5. The topological polar surface area (TPSA) is 37.3 Å². The molecule has 3 heteroatoms. The Kier molecular flexibility index (Phi) is 14.4. The fourth-order valence-corrected chi connectivity index (χ4v) is 0.354. The Labute approximate surface area is 65.8 Å².